The maximum atomic E-state index is 12.1. The average molecular weight is 417 g/mol. The fraction of sp³-hybridized carbons (Fsp3) is 0.333. The number of aromatic hydroxyl groups is 1. The van der Waals surface area contributed by atoms with Crippen molar-refractivity contribution in [3.8, 4) is 11.8 Å². The summed E-state index contributed by atoms with van der Waals surface area (Å²) < 4.78 is 0.569. The largest absolute Gasteiger partial charge is 0.506 e. The van der Waals surface area contributed by atoms with Crippen LogP contribution in [0.15, 0.2) is 17.7 Å². The first-order chi connectivity index (χ1) is 10.0. The number of hydrogen-bond acceptors (Lipinski definition) is 3. The second kappa shape index (κ2) is 7.14. The van der Waals surface area contributed by atoms with Crippen LogP contribution in [0.2, 0.25) is 5.02 Å². The predicted molar refractivity (Wildman–Crippen MR) is 89.8 cm³/mol. The van der Waals surface area contributed by atoms with Gasteiger partial charge in [-0.15, -0.1) is 0 Å². The molecule has 0 aromatic heterocycles. The Morgan fingerprint density at radius 3 is 2.76 bits per heavy atom. The first-order valence-electron chi connectivity index (χ1n) is 6.62. The number of carbonyl (C=O) groups is 1. The first kappa shape index (κ1) is 16.1. The van der Waals surface area contributed by atoms with Crippen molar-refractivity contribution in [3.63, 3.8) is 0 Å². The molecule has 1 amide bonds. The lowest BCUT2D eigenvalue weighted by Crippen LogP contribution is -2.33. The molecule has 0 unspecified atom stereocenters. The molecule has 0 spiro atoms. The number of amides is 1. The smallest absolute Gasteiger partial charge is 0.262 e. The number of nitrogens with one attached hydrogen (secondary N) is 1. The van der Waals surface area contributed by atoms with Crippen LogP contribution < -0.4 is 5.32 Å². The van der Waals surface area contributed by atoms with Gasteiger partial charge < -0.3 is 10.4 Å². The molecule has 2 rings (SSSR count). The van der Waals surface area contributed by atoms with E-state index >= 15 is 0 Å². The van der Waals surface area contributed by atoms with Gasteiger partial charge in [0, 0.05) is 16.6 Å². The number of carbonyl (C=O) groups excluding carboxylic acids is 1. The Bertz CT molecular complexity index is 631. The quantitative estimate of drug-likeness (QED) is 0.449. The van der Waals surface area contributed by atoms with Gasteiger partial charge in [-0.3, -0.25) is 4.79 Å². The lowest BCUT2D eigenvalue weighted by Gasteiger charge is -2.11. The summed E-state index contributed by atoms with van der Waals surface area (Å²) in [6, 6.07) is 5.16. The number of nitrogens with zero attached hydrogens (tertiary/aromatic N) is 1. The fourth-order valence-corrected chi connectivity index (χ4v) is 3.39. The molecular formula is C15H14ClIN2O2. The number of benzene rings is 1. The monoisotopic (exact) mass is 416 g/mol. The molecule has 0 bridgehead atoms. The van der Waals surface area contributed by atoms with E-state index in [0.717, 1.165) is 25.7 Å². The molecule has 1 aromatic rings. The van der Waals surface area contributed by atoms with Crippen molar-refractivity contribution in [1.29, 1.82) is 5.26 Å². The van der Waals surface area contributed by atoms with Crippen LogP contribution in [0.25, 0.3) is 6.08 Å². The van der Waals surface area contributed by atoms with E-state index in [1.54, 1.807) is 6.07 Å². The molecule has 0 radical (unpaired) electrons. The van der Waals surface area contributed by atoms with Crippen LogP contribution in [0, 0.1) is 14.9 Å². The molecule has 2 N–H and O–H groups in total. The molecule has 1 aromatic carbocycles. The van der Waals surface area contributed by atoms with Gasteiger partial charge in [-0.2, -0.15) is 5.26 Å². The Morgan fingerprint density at radius 2 is 2.14 bits per heavy atom. The molecule has 1 aliphatic carbocycles. The number of phenols is 1. The van der Waals surface area contributed by atoms with E-state index in [9.17, 15) is 9.90 Å². The zero-order valence-electron chi connectivity index (χ0n) is 11.2. The molecule has 0 heterocycles. The van der Waals surface area contributed by atoms with E-state index in [4.69, 9.17) is 16.9 Å². The molecule has 0 aliphatic heterocycles. The molecule has 0 saturated heterocycles. The molecule has 6 heteroatoms. The SMILES string of the molecule is N#C/C(=C/c1cc(Cl)cc(I)c1O)C(=O)NC1CCCC1. The minimum absolute atomic E-state index is 0.0152. The Morgan fingerprint density at radius 1 is 1.48 bits per heavy atom. The molecule has 1 aliphatic rings. The van der Waals surface area contributed by atoms with Crippen LogP contribution >= 0.6 is 34.2 Å². The van der Waals surface area contributed by atoms with Gasteiger partial charge in [0.15, 0.2) is 0 Å². The fourth-order valence-electron chi connectivity index (χ4n) is 2.33. The lowest BCUT2D eigenvalue weighted by atomic mass is 10.1. The number of rotatable bonds is 3. The number of halogens is 2. The molecule has 4 nitrogen and oxygen atoms in total. The summed E-state index contributed by atoms with van der Waals surface area (Å²) in [5, 5.41) is 22.4. The summed E-state index contributed by atoms with van der Waals surface area (Å²) in [6.45, 7) is 0. The maximum absolute atomic E-state index is 12.1. The van der Waals surface area contributed by atoms with Gasteiger partial charge in [0.2, 0.25) is 0 Å². The number of phenolic OH excluding ortho intramolecular Hbond substituents is 1. The van der Waals surface area contributed by atoms with E-state index in [2.05, 4.69) is 5.32 Å². The van der Waals surface area contributed by atoms with Gasteiger partial charge in [0.1, 0.15) is 17.4 Å². The third-order valence-corrected chi connectivity index (χ3v) is 4.45. The van der Waals surface area contributed by atoms with E-state index < -0.39 is 5.91 Å². The maximum Gasteiger partial charge on any atom is 0.262 e. The van der Waals surface area contributed by atoms with Gasteiger partial charge in [-0.25, -0.2) is 0 Å². The highest BCUT2D eigenvalue weighted by Gasteiger charge is 2.19. The van der Waals surface area contributed by atoms with E-state index in [0.29, 0.717) is 14.2 Å². The minimum Gasteiger partial charge on any atom is -0.506 e. The van der Waals surface area contributed by atoms with E-state index in [1.807, 2.05) is 28.7 Å². The highest BCUT2D eigenvalue weighted by Crippen LogP contribution is 2.30. The highest BCUT2D eigenvalue weighted by atomic mass is 127. The first-order valence-corrected chi connectivity index (χ1v) is 8.07. The van der Waals surface area contributed by atoms with Crippen LogP contribution in [0.5, 0.6) is 5.75 Å². The predicted octanol–water partition coefficient (Wildman–Crippen LogP) is 3.62. The van der Waals surface area contributed by atoms with Crippen LogP contribution in [-0.2, 0) is 4.79 Å². The summed E-state index contributed by atoms with van der Waals surface area (Å²) >= 11 is 7.88. The topological polar surface area (TPSA) is 73.1 Å². The lowest BCUT2D eigenvalue weighted by molar-refractivity contribution is -0.117. The number of hydrogen-bond donors (Lipinski definition) is 2. The van der Waals surface area contributed by atoms with Gasteiger partial charge in [0.25, 0.3) is 5.91 Å². The second-order valence-electron chi connectivity index (χ2n) is 4.95. The molecular weight excluding hydrogens is 403 g/mol. The molecule has 0 atom stereocenters. The summed E-state index contributed by atoms with van der Waals surface area (Å²) in [7, 11) is 0. The van der Waals surface area contributed by atoms with Crippen LogP contribution in [0.1, 0.15) is 31.2 Å². The van der Waals surface area contributed by atoms with Crippen LogP contribution in [0.4, 0.5) is 0 Å². The van der Waals surface area contributed by atoms with Gasteiger partial charge >= 0.3 is 0 Å². The normalized spacial score (nSPS) is 15.8. The number of nitriles is 1. The van der Waals surface area contributed by atoms with Gasteiger partial charge in [-0.05, 0) is 53.6 Å². The van der Waals surface area contributed by atoms with Gasteiger partial charge in [-0.1, -0.05) is 24.4 Å². The Balaban J connectivity index is 2.24. The average Bonchev–Trinajstić information content (AvgIpc) is 2.93. The van der Waals surface area contributed by atoms with Crippen molar-refractivity contribution in [1.82, 2.24) is 5.32 Å². The molecule has 1 saturated carbocycles. The minimum atomic E-state index is -0.404. The van der Waals surface area contributed by atoms with Crippen molar-refractivity contribution < 1.29 is 9.90 Å². The Kier molecular flexibility index (Phi) is 5.48. The Hall–Kier alpha value is -1.26. The van der Waals surface area contributed by atoms with Crippen LogP contribution in [-0.4, -0.2) is 17.1 Å². The summed E-state index contributed by atoms with van der Waals surface area (Å²) in [4.78, 5) is 12.1. The van der Waals surface area contributed by atoms with Crippen molar-refractivity contribution >= 4 is 46.2 Å². The molecule has 21 heavy (non-hydrogen) atoms. The zero-order chi connectivity index (χ0) is 15.4. The summed E-state index contributed by atoms with van der Waals surface area (Å²) in [6.07, 6.45) is 5.47. The summed E-state index contributed by atoms with van der Waals surface area (Å²) in [5.74, 6) is -0.389. The second-order valence-corrected chi connectivity index (χ2v) is 6.55. The Labute approximate surface area is 141 Å². The standard InChI is InChI=1S/C15H14ClIN2O2/c16-11-6-9(14(20)13(17)7-11)5-10(8-18)15(21)19-12-3-1-2-4-12/h5-7,12,20H,1-4H2,(H,19,21)/b10-5-. The van der Waals surface area contributed by atoms with Crippen molar-refractivity contribution in [2.45, 2.75) is 31.7 Å². The van der Waals surface area contributed by atoms with Crippen molar-refractivity contribution in [2.75, 3.05) is 0 Å². The zero-order valence-corrected chi connectivity index (χ0v) is 14.1. The highest BCUT2D eigenvalue weighted by molar-refractivity contribution is 14.1. The van der Waals surface area contributed by atoms with Crippen molar-refractivity contribution in [2.24, 2.45) is 0 Å². The van der Waals surface area contributed by atoms with Crippen LogP contribution in [0.3, 0.4) is 0 Å². The van der Waals surface area contributed by atoms with E-state index in [1.165, 1.54) is 12.1 Å². The van der Waals surface area contributed by atoms with Gasteiger partial charge in [0.05, 0.1) is 3.57 Å². The molecule has 1 fully saturated rings. The third-order valence-electron chi connectivity index (χ3n) is 3.41. The van der Waals surface area contributed by atoms with Crippen molar-refractivity contribution in [3.05, 3.63) is 31.9 Å². The third kappa shape index (κ3) is 4.11. The summed E-state index contributed by atoms with van der Waals surface area (Å²) in [5.41, 5.74) is 0.334. The molecule has 110 valence electrons. The van der Waals surface area contributed by atoms with E-state index in [-0.39, 0.29) is 17.4 Å².